The first kappa shape index (κ1) is 15.3. The quantitative estimate of drug-likeness (QED) is 0.686. The predicted octanol–water partition coefficient (Wildman–Crippen LogP) is 3.14. The third kappa shape index (κ3) is 3.70. The molecule has 0 aliphatic heterocycles. The summed E-state index contributed by atoms with van der Waals surface area (Å²) in [4.78, 5) is 10.1. The van der Waals surface area contributed by atoms with E-state index in [1.165, 1.54) is 6.07 Å². The van der Waals surface area contributed by atoms with Crippen molar-refractivity contribution >= 4 is 34.0 Å². The van der Waals surface area contributed by atoms with Gasteiger partial charge in [-0.2, -0.15) is 0 Å². The van der Waals surface area contributed by atoms with Gasteiger partial charge in [0.15, 0.2) is 0 Å². The maximum absolute atomic E-state index is 12.0. The molecule has 16 heavy (non-hydrogen) atoms. The molecule has 0 heterocycles. The van der Waals surface area contributed by atoms with Crippen molar-refractivity contribution in [1.82, 2.24) is 0 Å². The van der Waals surface area contributed by atoms with Crippen LogP contribution in [0.5, 0.6) is 0 Å². The van der Waals surface area contributed by atoms with Gasteiger partial charge in [-0.25, -0.2) is 0 Å². The molecule has 0 aliphatic carbocycles. The second-order valence-corrected chi connectivity index (χ2v) is 3.91. The van der Waals surface area contributed by atoms with Crippen molar-refractivity contribution in [3.8, 4) is 0 Å². The van der Waals surface area contributed by atoms with E-state index in [0.29, 0.717) is 10.0 Å². The molecule has 0 radical (unpaired) electrons. The Morgan fingerprint density at radius 2 is 2.19 bits per heavy atom. The van der Waals surface area contributed by atoms with Crippen LogP contribution in [0.4, 0.5) is 10.1 Å². The molecular formula is C9H11BrClFN2O2. The van der Waals surface area contributed by atoms with Gasteiger partial charge in [-0.3, -0.25) is 14.5 Å². The maximum Gasteiger partial charge on any atom is 0.283 e. The number of halogens is 3. The summed E-state index contributed by atoms with van der Waals surface area (Å²) in [6.45, 7) is -0.537. The van der Waals surface area contributed by atoms with Crippen molar-refractivity contribution in [2.45, 2.75) is 12.5 Å². The fraction of sp³-hybridized carbons (Fsp3) is 0.333. The van der Waals surface area contributed by atoms with Crippen molar-refractivity contribution in [2.24, 2.45) is 5.73 Å². The Kier molecular flexibility index (Phi) is 6.47. The van der Waals surface area contributed by atoms with E-state index in [4.69, 9.17) is 5.73 Å². The van der Waals surface area contributed by atoms with E-state index in [-0.39, 0.29) is 24.5 Å². The number of hydrogen-bond donors (Lipinski definition) is 1. The summed E-state index contributed by atoms with van der Waals surface area (Å²) in [6, 6.07) is 4.06. The normalized spacial score (nSPS) is 11.7. The highest BCUT2D eigenvalue weighted by atomic mass is 79.9. The third-order valence-corrected chi connectivity index (χ3v) is 2.69. The number of alkyl halides is 1. The van der Waals surface area contributed by atoms with Crippen molar-refractivity contribution in [1.29, 1.82) is 0 Å². The molecule has 0 aromatic heterocycles. The highest BCUT2D eigenvalue weighted by Crippen LogP contribution is 2.28. The van der Waals surface area contributed by atoms with Crippen LogP contribution in [0.25, 0.3) is 0 Å². The Morgan fingerprint density at radius 1 is 1.56 bits per heavy atom. The van der Waals surface area contributed by atoms with Gasteiger partial charge in [0, 0.05) is 12.1 Å². The number of nitro groups is 1. The Balaban J connectivity index is 0.00000225. The lowest BCUT2D eigenvalue weighted by molar-refractivity contribution is -0.385. The molecule has 1 aromatic carbocycles. The second-order valence-electron chi connectivity index (χ2n) is 3.05. The summed E-state index contributed by atoms with van der Waals surface area (Å²) in [6.07, 6.45) is 0.165. The average Bonchev–Trinajstić information content (AvgIpc) is 2.18. The molecule has 2 N–H and O–H groups in total. The lowest BCUT2D eigenvalue weighted by atomic mass is 10.0. The molecule has 0 aliphatic rings. The van der Waals surface area contributed by atoms with Crippen LogP contribution < -0.4 is 5.73 Å². The van der Waals surface area contributed by atoms with Crippen LogP contribution in [-0.2, 0) is 0 Å². The Hall–Kier alpha value is -0.720. The van der Waals surface area contributed by atoms with Gasteiger partial charge in [0.25, 0.3) is 5.69 Å². The van der Waals surface area contributed by atoms with Crippen molar-refractivity contribution in [3.63, 3.8) is 0 Å². The Labute approximate surface area is 107 Å². The summed E-state index contributed by atoms with van der Waals surface area (Å²) < 4.78 is 12.4. The molecule has 0 spiro atoms. The first-order chi connectivity index (χ1) is 7.06. The van der Waals surface area contributed by atoms with Crippen molar-refractivity contribution in [2.75, 3.05) is 6.67 Å². The average molecular weight is 314 g/mol. The van der Waals surface area contributed by atoms with Crippen LogP contribution in [0.1, 0.15) is 18.0 Å². The smallest absolute Gasteiger partial charge is 0.283 e. The van der Waals surface area contributed by atoms with Gasteiger partial charge in [-0.15, -0.1) is 12.4 Å². The highest BCUT2D eigenvalue weighted by Gasteiger charge is 2.15. The summed E-state index contributed by atoms with van der Waals surface area (Å²) in [5.74, 6) is 0. The van der Waals surface area contributed by atoms with E-state index in [1.54, 1.807) is 12.1 Å². The first-order valence-electron chi connectivity index (χ1n) is 4.31. The minimum Gasteiger partial charge on any atom is -0.324 e. The van der Waals surface area contributed by atoms with E-state index in [1.807, 2.05) is 0 Å². The molecule has 4 nitrogen and oxygen atoms in total. The Morgan fingerprint density at radius 3 is 2.69 bits per heavy atom. The van der Waals surface area contributed by atoms with Crippen LogP contribution in [0, 0.1) is 10.1 Å². The third-order valence-electron chi connectivity index (χ3n) is 2.02. The Bertz CT molecular complexity index is 379. The second kappa shape index (κ2) is 6.78. The molecule has 7 heteroatoms. The van der Waals surface area contributed by atoms with Crippen molar-refractivity contribution in [3.05, 3.63) is 38.3 Å². The molecule has 0 saturated heterocycles. The molecule has 0 fully saturated rings. The van der Waals surface area contributed by atoms with Gasteiger partial charge in [-0.1, -0.05) is 6.07 Å². The molecule has 0 amide bonds. The first-order valence-corrected chi connectivity index (χ1v) is 5.11. The number of nitrogens with zero attached hydrogens (tertiary/aromatic N) is 1. The minimum atomic E-state index is -0.537. The zero-order valence-electron chi connectivity index (χ0n) is 8.23. The SMILES string of the molecule is Cl.N[C@@H](CCF)c1ccc(Br)c([N+](=O)[O-])c1. The molecule has 1 rings (SSSR count). The zero-order valence-corrected chi connectivity index (χ0v) is 10.6. The number of rotatable bonds is 4. The molecular weight excluding hydrogens is 302 g/mol. The van der Waals surface area contributed by atoms with E-state index >= 15 is 0 Å². The van der Waals surface area contributed by atoms with Gasteiger partial charge in [-0.05, 0) is 34.0 Å². The van der Waals surface area contributed by atoms with E-state index in [2.05, 4.69) is 15.9 Å². The predicted molar refractivity (Wildman–Crippen MR) is 65.6 cm³/mol. The summed E-state index contributed by atoms with van der Waals surface area (Å²) in [5, 5.41) is 10.6. The van der Waals surface area contributed by atoms with E-state index in [0.717, 1.165) is 0 Å². The zero-order chi connectivity index (χ0) is 11.4. The lowest BCUT2D eigenvalue weighted by Gasteiger charge is -2.09. The molecule has 90 valence electrons. The molecule has 0 unspecified atom stereocenters. The maximum atomic E-state index is 12.0. The number of nitro benzene ring substituents is 1. The highest BCUT2D eigenvalue weighted by molar-refractivity contribution is 9.10. The standard InChI is InChI=1S/C9H10BrFN2O2.ClH/c10-7-2-1-6(8(12)3-4-11)5-9(7)13(14)15;/h1-2,5,8H,3-4,12H2;1H/t8-;/m0./s1. The monoisotopic (exact) mass is 312 g/mol. The van der Waals surface area contributed by atoms with Gasteiger partial charge in [0.2, 0.25) is 0 Å². The van der Waals surface area contributed by atoms with Crippen LogP contribution in [0.2, 0.25) is 0 Å². The van der Waals surface area contributed by atoms with Gasteiger partial charge < -0.3 is 5.73 Å². The summed E-state index contributed by atoms with van der Waals surface area (Å²) >= 11 is 3.06. The van der Waals surface area contributed by atoms with Crippen LogP contribution >= 0.6 is 28.3 Å². The molecule has 1 atom stereocenters. The van der Waals surface area contributed by atoms with Gasteiger partial charge in [0.05, 0.1) is 16.1 Å². The van der Waals surface area contributed by atoms with Crippen LogP contribution in [0.15, 0.2) is 22.7 Å². The van der Waals surface area contributed by atoms with Crippen molar-refractivity contribution < 1.29 is 9.31 Å². The largest absolute Gasteiger partial charge is 0.324 e. The van der Waals surface area contributed by atoms with E-state index < -0.39 is 17.6 Å². The fourth-order valence-corrected chi connectivity index (χ4v) is 1.58. The van der Waals surface area contributed by atoms with E-state index in [9.17, 15) is 14.5 Å². The number of hydrogen-bond acceptors (Lipinski definition) is 3. The van der Waals surface area contributed by atoms with Gasteiger partial charge >= 0.3 is 0 Å². The molecule has 0 saturated carbocycles. The summed E-state index contributed by atoms with van der Waals surface area (Å²) in [7, 11) is 0. The van der Waals surface area contributed by atoms with Gasteiger partial charge in [0.1, 0.15) is 0 Å². The lowest BCUT2D eigenvalue weighted by Crippen LogP contribution is -2.11. The van der Waals surface area contributed by atoms with Crippen LogP contribution in [0.3, 0.4) is 0 Å². The minimum absolute atomic E-state index is 0. The fourth-order valence-electron chi connectivity index (χ4n) is 1.18. The van der Waals surface area contributed by atoms with Crippen LogP contribution in [-0.4, -0.2) is 11.6 Å². The number of benzene rings is 1. The molecule has 1 aromatic rings. The topological polar surface area (TPSA) is 69.2 Å². The molecule has 0 bridgehead atoms. The number of nitrogens with two attached hydrogens (primary N) is 1. The summed E-state index contributed by atoms with van der Waals surface area (Å²) in [5.41, 5.74) is 6.16.